The molecule has 0 spiro atoms. The first-order valence-corrected chi connectivity index (χ1v) is 7.92. The summed E-state index contributed by atoms with van der Waals surface area (Å²) < 4.78 is 0. The Hall–Kier alpha value is -2.17. The minimum absolute atomic E-state index is 0.00843. The van der Waals surface area contributed by atoms with Gasteiger partial charge in [0.1, 0.15) is 0 Å². The molecule has 2 rings (SSSR count). The van der Waals surface area contributed by atoms with Crippen molar-refractivity contribution in [1.82, 2.24) is 10.6 Å². The Bertz CT molecular complexity index is 587. The van der Waals surface area contributed by atoms with Crippen molar-refractivity contribution in [3.8, 4) is 0 Å². The highest BCUT2D eigenvalue weighted by molar-refractivity contribution is 5.78. The average Bonchev–Trinajstić information content (AvgIpc) is 2.56. The van der Waals surface area contributed by atoms with E-state index >= 15 is 0 Å². The second-order valence-corrected chi connectivity index (χ2v) is 5.72. The molecular weight excluding hydrogens is 288 g/mol. The number of hydrogen-bond acceptors (Lipinski definition) is 3. The Balaban J connectivity index is 1.67. The molecule has 3 N–H and O–H groups in total. The number of hydrogen-bond donors (Lipinski definition) is 3. The van der Waals surface area contributed by atoms with Crippen molar-refractivity contribution in [2.24, 2.45) is 0 Å². The van der Waals surface area contributed by atoms with Crippen LogP contribution in [0.5, 0.6) is 0 Å². The number of amides is 1. The van der Waals surface area contributed by atoms with Gasteiger partial charge in [-0.05, 0) is 18.1 Å². The van der Waals surface area contributed by atoms with Crippen LogP contribution in [0.25, 0.3) is 0 Å². The maximum Gasteiger partial charge on any atom is 0.224 e. The van der Waals surface area contributed by atoms with Gasteiger partial charge in [0.2, 0.25) is 5.91 Å². The molecule has 0 saturated heterocycles. The molecule has 4 heteroatoms. The summed E-state index contributed by atoms with van der Waals surface area (Å²) in [6, 6.07) is 19.2. The molecule has 2 aromatic carbocycles. The molecule has 23 heavy (non-hydrogen) atoms. The van der Waals surface area contributed by atoms with E-state index < -0.39 is 6.10 Å². The fourth-order valence-corrected chi connectivity index (χ4v) is 2.39. The third-order valence-electron chi connectivity index (χ3n) is 3.59. The summed E-state index contributed by atoms with van der Waals surface area (Å²) >= 11 is 0. The van der Waals surface area contributed by atoms with Crippen molar-refractivity contribution in [2.45, 2.75) is 25.5 Å². The van der Waals surface area contributed by atoms with Crippen molar-refractivity contribution >= 4 is 5.91 Å². The number of aliphatic hydroxyl groups is 1. The van der Waals surface area contributed by atoms with Gasteiger partial charge in [0.15, 0.2) is 0 Å². The lowest BCUT2D eigenvalue weighted by molar-refractivity contribution is -0.121. The standard InChI is InChI=1S/C19H24N2O2/c1-15(21-19(23)12-16-8-4-2-5-9-16)13-20-14-18(22)17-10-6-3-7-11-17/h2-11,15,18,20,22H,12-14H2,1H3,(H,21,23)/t15-,18+/m1/s1. The van der Waals surface area contributed by atoms with Crippen molar-refractivity contribution in [3.63, 3.8) is 0 Å². The maximum absolute atomic E-state index is 12.0. The van der Waals surface area contributed by atoms with Crippen LogP contribution in [-0.4, -0.2) is 30.1 Å². The van der Waals surface area contributed by atoms with Crippen LogP contribution < -0.4 is 10.6 Å². The van der Waals surface area contributed by atoms with E-state index in [9.17, 15) is 9.90 Å². The van der Waals surface area contributed by atoms with Crippen LogP contribution in [0.3, 0.4) is 0 Å². The van der Waals surface area contributed by atoms with Gasteiger partial charge < -0.3 is 15.7 Å². The van der Waals surface area contributed by atoms with Crippen molar-refractivity contribution in [1.29, 1.82) is 0 Å². The summed E-state index contributed by atoms with van der Waals surface area (Å²) in [6.07, 6.45) is -0.152. The zero-order valence-corrected chi connectivity index (χ0v) is 13.4. The van der Waals surface area contributed by atoms with Crippen molar-refractivity contribution in [3.05, 3.63) is 71.8 Å². The number of carbonyl (C=O) groups is 1. The molecule has 0 aromatic heterocycles. The lowest BCUT2D eigenvalue weighted by atomic mass is 10.1. The second-order valence-electron chi connectivity index (χ2n) is 5.72. The molecular formula is C19H24N2O2. The Morgan fingerprint density at radius 3 is 2.26 bits per heavy atom. The van der Waals surface area contributed by atoms with Gasteiger partial charge in [-0.25, -0.2) is 0 Å². The molecule has 0 unspecified atom stereocenters. The molecule has 122 valence electrons. The quantitative estimate of drug-likeness (QED) is 0.699. The number of carbonyl (C=O) groups excluding carboxylic acids is 1. The molecule has 2 atom stereocenters. The highest BCUT2D eigenvalue weighted by atomic mass is 16.3. The zero-order chi connectivity index (χ0) is 16.5. The van der Waals surface area contributed by atoms with Gasteiger partial charge >= 0.3 is 0 Å². The predicted molar refractivity (Wildman–Crippen MR) is 92.0 cm³/mol. The lowest BCUT2D eigenvalue weighted by Gasteiger charge is -2.17. The monoisotopic (exact) mass is 312 g/mol. The van der Waals surface area contributed by atoms with Gasteiger partial charge in [0.25, 0.3) is 0 Å². The topological polar surface area (TPSA) is 61.4 Å². The van der Waals surface area contributed by atoms with Crippen LogP contribution in [-0.2, 0) is 11.2 Å². The van der Waals surface area contributed by atoms with Crippen LogP contribution in [0.2, 0.25) is 0 Å². The molecule has 0 saturated carbocycles. The highest BCUT2D eigenvalue weighted by Gasteiger charge is 2.10. The number of benzene rings is 2. The fraction of sp³-hybridized carbons (Fsp3) is 0.316. The first-order chi connectivity index (χ1) is 11.1. The number of aliphatic hydroxyl groups excluding tert-OH is 1. The molecule has 0 radical (unpaired) electrons. The van der Waals surface area contributed by atoms with E-state index in [2.05, 4.69) is 10.6 Å². The lowest BCUT2D eigenvalue weighted by Crippen LogP contribution is -2.41. The van der Waals surface area contributed by atoms with E-state index in [0.29, 0.717) is 19.5 Å². The smallest absolute Gasteiger partial charge is 0.224 e. The van der Waals surface area contributed by atoms with E-state index in [-0.39, 0.29) is 11.9 Å². The third kappa shape index (κ3) is 6.22. The second kappa shape index (κ2) is 9.08. The summed E-state index contributed by atoms with van der Waals surface area (Å²) in [5.41, 5.74) is 1.89. The Labute approximate surface area is 137 Å². The number of nitrogens with one attached hydrogen (secondary N) is 2. The Morgan fingerprint density at radius 2 is 1.61 bits per heavy atom. The Kier molecular flexibility index (Phi) is 6.78. The van der Waals surface area contributed by atoms with Crippen LogP contribution in [0.15, 0.2) is 60.7 Å². The van der Waals surface area contributed by atoms with Crippen molar-refractivity contribution < 1.29 is 9.90 Å². The van der Waals surface area contributed by atoms with Crippen LogP contribution >= 0.6 is 0 Å². The van der Waals surface area contributed by atoms with Gasteiger partial charge in [-0.1, -0.05) is 60.7 Å². The molecule has 2 aromatic rings. The molecule has 0 bridgehead atoms. The summed E-state index contributed by atoms with van der Waals surface area (Å²) in [4.78, 5) is 12.0. The third-order valence-corrected chi connectivity index (χ3v) is 3.59. The van der Waals surface area contributed by atoms with Crippen molar-refractivity contribution in [2.75, 3.05) is 13.1 Å². The van der Waals surface area contributed by atoms with Crippen LogP contribution in [0.1, 0.15) is 24.2 Å². The predicted octanol–water partition coefficient (Wildman–Crippen LogP) is 2.06. The van der Waals surface area contributed by atoms with Gasteiger partial charge in [0.05, 0.1) is 12.5 Å². The summed E-state index contributed by atoms with van der Waals surface area (Å²) in [5.74, 6) is 0.00843. The first-order valence-electron chi connectivity index (χ1n) is 7.92. The molecule has 1 amide bonds. The normalized spacial score (nSPS) is 13.3. The van der Waals surface area contributed by atoms with Gasteiger partial charge in [0, 0.05) is 19.1 Å². The molecule has 0 heterocycles. The minimum Gasteiger partial charge on any atom is -0.387 e. The molecule has 0 aliphatic heterocycles. The summed E-state index contributed by atoms with van der Waals surface area (Å²) in [5, 5.41) is 16.2. The minimum atomic E-state index is -0.538. The van der Waals surface area contributed by atoms with E-state index in [1.807, 2.05) is 67.6 Å². The Morgan fingerprint density at radius 1 is 1.00 bits per heavy atom. The first kappa shape index (κ1) is 17.2. The number of rotatable bonds is 8. The van der Waals surface area contributed by atoms with Gasteiger partial charge in [-0.15, -0.1) is 0 Å². The largest absolute Gasteiger partial charge is 0.387 e. The van der Waals surface area contributed by atoms with E-state index in [1.165, 1.54) is 0 Å². The summed E-state index contributed by atoms with van der Waals surface area (Å²) in [6.45, 7) is 3.03. The van der Waals surface area contributed by atoms with E-state index in [1.54, 1.807) is 0 Å². The zero-order valence-electron chi connectivity index (χ0n) is 13.4. The SMILES string of the molecule is C[C@H](CNC[C@H](O)c1ccccc1)NC(=O)Cc1ccccc1. The van der Waals surface area contributed by atoms with Gasteiger partial charge in [-0.2, -0.15) is 0 Å². The average molecular weight is 312 g/mol. The fourth-order valence-electron chi connectivity index (χ4n) is 2.39. The van der Waals surface area contributed by atoms with E-state index in [0.717, 1.165) is 11.1 Å². The molecule has 0 fully saturated rings. The van der Waals surface area contributed by atoms with Crippen LogP contribution in [0.4, 0.5) is 0 Å². The maximum atomic E-state index is 12.0. The van der Waals surface area contributed by atoms with E-state index in [4.69, 9.17) is 0 Å². The van der Waals surface area contributed by atoms with Gasteiger partial charge in [-0.3, -0.25) is 4.79 Å². The molecule has 0 aliphatic rings. The molecule has 0 aliphatic carbocycles. The van der Waals surface area contributed by atoms with Crippen LogP contribution in [0, 0.1) is 0 Å². The highest BCUT2D eigenvalue weighted by Crippen LogP contribution is 2.10. The summed E-state index contributed by atoms with van der Waals surface area (Å²) in [7, 11) is 0. The molecule has 4 nitrogen and oxygen atoms in total.